The van der Waals surface area contributed by atoms with Gasteiger partial charge in [0.05, 0.1) is 11.7 Å². The van der Waals surface area contributed by atoms with Crippen LogP contribution in [0.25, 0.3) is 0 Å². The number of halogens is 1. The topological polar surface area (TPSA) is 72.8 Å². The number of carbonyl (C=O) groups excluding carboxylic acids is 2. The van der Waals surface area contributed by atoms with Gasteiger partial charge in [-0.1, -0.05) is 26.0 Å². The number of benzene rings is 1. The molecule has 0 heterocycles. The normalized spacial score (nSPS) is 42.1. The highest BCUT2D eigenvalue weighted by Crippen LogP contribution is 2.72. The van der Waals surface area contributed by atoms with Gasteiger partial charge in [-0.2, -0.15) is 0 Å². The third kappa shape index (κ3) is 3.75. The summed E-state index contributed by atoms with van der Waals surface area (Å²) in [5, 5.41) is 11.6. The van der Waals surface area contributed by atoms with Gasteiger partial charge < -0.3 is 14.6 Å². The summed E-state index contributed by atoms with van der Waals surface area (Å²) in [7, 11) is 0. The van der Waals surface area contributed by atoms with Gasteiger partial charge in [0.25, 0.3) is 0 Å². The van der Waals surface area contributed by atoms with E-state index in [-0.39, 0.29) is 29.3 Å². The molecule has 1 aromatic carbocycles. The first-order chi connectivity index (χ1) is 16.5. The van der Waals surface area contributed by atoms with Crippen LogP contribution in [0, 0.1) is 39.8 Å². The van der Waals surface area contributed by atoms with Gasteiger partial charge in [0.2, 0.25) is 0 Å². The molecule has 4 aliphatic rings. The molecule has 1 unspecified atom stereocenters. The molecule has 5 rings (SSSR count). The fourth-order valence-electron chi connectivity index (χ4n) is 8.71. The minimum Gasteiger partial charge on any atom is -0.465 e. The maximum atomic E-state index is 13.4. The van der Waals surface area contributed by atoms with Crippen LogP contribution < -0.4 is 0 Å². The zero-order valence-electron chi connectivity index (χ0n) is 21.0. The highest BCUT2D eigenvalue weighted by atomic mass is 19.1. The quantitative estimate of drug-likeness (QED) is 0.454. The minimum absolute atomic E-state index is 0.0187. The number of aliphatic hydroxyl groups excluding tert-OH is 1. The smallest absolute Gasteiger partial charge is 0.338 e. The second-order valence-corrected chi connectivity index (χ2v) is 12.1. The second kappa shape index (κ2) is 8.43. The SMILES string of the molecule is C=C1C[C@]23C[C@H]1CC[C@H]2[C@]1(C)CC[C@@H](OC(=O)c2ccc(F)cc2)[C@](C)(COC(C)=O)C1C[C@@H]3O. The summed E-state index contributed by atoms with van der Waals surface area (Å²) in [6, 6.07) is 5.34. The highest BCUT2D eigenvalue weighted by molar-refractivity contribution is 5.89. The molecule has 0 radical (unpaired) electrons. The van der Waals surface area contributed by atoms with Gasteiger partial charge in [-0.05, 0) is 92.4 Å². The van der Waals surface area contributed by atoms with Crippen molar-refractivity contribution in [2.45, 2.75) is 77.9 Å². The maximum absolute atomic E-state index is 13.4. The molecule has 5 nitrogen and oxygen atoms in total. The van der Waals surface area contributed by atoms with E-state index in [9.17, 15) is 19.1 Å². The second-order valence-electron chi connectivity index (χ2n) is 12.1. The summed E-state index contributed by atoms with van der Waals surface area (Å²) in [5.74, 6) is -0.406. The summed E-state index contributed by atoms with van der Waals surface area (Å²) in [6.07, 6.45) is 5.29. The molecule has 1 aromatic rings. The molecule has 0 aromatic heterocycles. The third-order valence-corrected chi connectivity index (χ3v) is 10.4. The van der Waals surface area contributed by atoms with E-state index in [0.29, 0.717) is 30.2 Å². The predicted molar refractivity (Wildman–Crippen MR) is 129 cm³/mol. The minimum atomic E-state index is -0.649. The van der Waals surface area contributed by atoms with Crippen molar-refractivity contribution >= 4 is 11.9 Å². The lowest BCUT2D eigenvalue weighted by Gasteiger charge is -2.66. The molecule has 0 aliphatic heterocycles. The van der Waals surface area contributed by atoms with E-state index < -0.39 is 29.4 Å². The zero-order chi connectivity index (χ0) is 25.2. The molecular weight excluding hydrogens is 447 g/mol. The molecule has 0 amide bonds. The molecule has 4 fully saturated rings. The average Bonchev–Trinajstić information content (AvgIpc) is 3.06. The van der Waals surface area contributed by atoms with Crippen LogP contribution in [-0.2, 0) is 14.3 Å². The van der Waals surface area contributed by atoms with Crippen molar-refractivity contribution in [2.24, 2.45) is 34.0 Å². The van der Waals surface area contributed by atoms with Crippen LogP contribution in [0.4, 0.5) is 4.39 Å². The Morgan fingerprint density at radius 2 is 1.86 bits per heavy atom. The van der Waals surface area contributed by atoms with Crippen molar-refractivity contribution in [3.05, 3.63) is 47.8 Å². The third-order valence-electron chi connectivity index (χ3n) is 10.4. The maximum Gasteiger partial charge on any atom is 0.338 e. The molecule has 190 valence electrons. The van der Waals surface area contributed by atoms with E-state index in [2.05, 4.69) is 13.5 Å². The Kier molecular flexibility index (Phi) is 5.90. The average molecular weight is 485 g/mol. The van der Waals surface area contributed by atoms with Crippen LogP contribution in [0.5, 0.6) is 0 Å². The van der Waals surface area contributed by atoms with Crippen molar-refractivity contribution in [3.8, 4) is 0 Å². The van der Waals surface area contributed by atoms with Crippen molar-refractivity contribution in [2.75, 3.05) is 6.61 Å². The van der Waals surface area contributed by atoms with Crippen molar-refractivity contribution in [3.63, 3.8) is 0 Å². The van der Waals surface area contributed by atoms with Gasteiger partial charge in [0.15, 0.2) is 0 Å². The molecule has 1 spiro atoms. The molecule has 1 N–H and O–H groups in total. The van der Waals surface area contributed by atoms with E-state index in [1.807, 2.05) is 6.92 Å². The van der Waals surface area contributed by atoms with Crippen LogP contribution in [-0.4, -0.2) is 35.9 Å². The molecule has 4 aliphatic carbocycles. The van der Waals surface area contributed by atoms with Gasteiger partial charge in [-0.25, -0.2) is 9.18 Å². The number of esters is 2. The van der Waals surface area contributed by atoms with E-state index >= 15 is 0 Å². The van der Waals surface area contributed by atoms with Crippen molar-refractivity contribution < 1.29 is 28.6 Å². The molecular formula is C29H37FO5. The largest absolute Gasteiger partial charge is 0.465 e. The molecule has 4 saturated carbocycles. The van der Waals surface area contributed by atoms with E-state index in [1.54, 1.807) is 0 Å². The number of hydrogen-bond donors (Lipinski definition) is 1. The van der Waals surface area contributed by atoms with Crippen LogP contribution in [0.15, 0.2) is 36.4 Å². The number of ether oxygens (including phenoxy) is 2. The Hall–Kier alpha value is -2.21. The van der Waals surface area contributed by atoms with E-state index in [0.717, 1.165) is 32.1 Å². The van der Waals surface area contributed by atoms with Crippen LogP contribution in [0.2, 0.25) is 0 Å². The fourth-order valence-corrected chi connectivity index (χ4v) is 8.71. The van der Waals surface area contributed by atoms with E-state index in [4.69, 9.17) is 9.47 Å². The molecule has 8 atom stereocenters. The number of aliphatic hydroxyl groups is 1. The van der Waals surface area contributed by atoms with Gasteiger partial charge in [0, 0.05) is 17.8 Å². The molecule has 6 heteroatoms. The predicted octanol–water partition coefficient (Wildman–Crippen LogP) is 5.46. The van der Waals surface area contributed by atoms with Crippen LogP contribution in [0.3, 0.4) is 0 Å². The first-order valence-corrected chi connectivity index (χ1v) is 13.0. The summed E-state index contributed by atoms with van der Waals surface area (Å²) >= 11 is 0. The molecule has 35 heavy (non-hydrogen) atoms. The Labute approximate surface area is 207 Å². The van der Waals surface area contributed by atoms with Crippen molar-refractivity contribution in [1.82, 2.24) is 0 Å². The van der Waals surface area contributed by atoms with E-state index in [1.165, 1.54) is 36.8 Å². The standard InChI is InChI=1S/C29H37FO5/c1-17-14-29-15-20(17)7-10-22(29)27(3)12-11-25(35-26(33)19-5-8-21(30)9-6-19)28(4,16-34-18(2)31)23(27)13-24(29)32/h5-6,8-9,20,22-25,32H,1,7,10-16H2,2-4H3/t20-,22+,23?,24+,25-,27+,28-,29+/m1/s1. The number of hydrogen-bond acceptors (Lipinski definition) is 5. The first-order valence-electron chi connectivity index (χ1n) is 13.0. The lowest BCUT2D eigenvalue weighted by molar-refractivity contribution is -0.232. The Morgan fingerprint density at radius 1 is 1.14 bits per heavy atom. The van der Waals surface area contributed by atoms with Gasteiger partial charge in [-0.3, -0.25) is 4.79 Å². The number of carbonyl (C=O) groups is 2. The Balaban J connectivity index is 1.48. The number of rotatable bonds is 4. The lowest BCUT2D eigenvalue weighted by Crippen LogP contribution is -2.65. The summed E-state index contributed by atoms with van der Waals surface area (Å²) in [4.78, 5) is 24.9. The van der Waals surface area contributed by atoms with Gasteiger partial charge >= 0.3 is 11.9 Å². The first kappa shape index (κ1) is 24.5. The van der Waals surface area contributed by atoms with Crippen LogP contribution >= 0.6 is 0 Å². The fraction of sp³-hybridized carbons (Fsp3) is 0.655. The summed E-state index contributed by atoms with van der Waals surface area (Å²) < 4.78 is 25.0. The van der Waals surface area contributed by atoms with Gasteiger partial charge in [-0.15, -0.1) is 0 Å². The summed E-state index contributed by atoms with van der Waals surface area (Å²) in [5.41, 5.74) is 0.745. The Bertz CT molecular complexity index is 1040. The monoisotopic (exact) mass is 484 g/mol. The van der Waals surface area contributed by atoms with Gasteiger partial charge in [0.1, 0.15) is 18.5 Å². The molecule has 0 saturated heterocycles. The van der Waals surface area contributed by atoms with Crippen molar-refractivity contribution in [1.29, 1.82) is 0 Å². The zero-order valence-corrected chi connectivity index (χ0v) is 21.0. The lowest BCUT2D eigenvalue weighted by atomic mass is 9.40. The molecule has 2 bridgehead atoms. The highest BCUT2D eigenvalue weighted by Gasteiger charge is 2.68. The number of allylic oxidation sites excluding steroid dienone is 1. The van der Waals surface area contributed by atoms with Crippen LogP contribution in [0.1, 0.15) is 76.1 Å². The Morgan fingerprint density at radius 3 is 2.54 bits per heavy atom. The summed E-state index contributed by atoms with van der Waals surface area (Å²) in [6.45, 7) is 10.3. The number of fused-ring (bicyclic) bond motifs is 3.